The minimum Gasteiger partial charge on any atom is -0.322 e. The quantitative estimate of drug-likeness (QED) is 0.229. The first kappa shape index (κ1) is 28.2. The van der Waals surface area contributed by atoms with Crippen molar-refractivity contribution in [2.45, 2.75) is 60.3 Å². The third kappa shape index (κ3) is 5.49. The van der Waals surface area contributed by atoms with Gasteiger partial charge in [0, 0.05) is 22.0 Å². The highest BCUT2D eigenvalue weighted by Gasteiger charge is 2.29. The topological polar surface area (TPSA) is 75.5 Å². The number of thiophene rings is 1. The van der Waals surface area contributed by atoms with Crippen molar-refractivity contribution >= 4 is 57.5 Å². The number of aliphatic imine (C=N–C) groups is 1. The molecule has 1 fully saturated rings. The zero-order valence-corrected chi connectivity index (χ0v) is 26.2. The number of carbonyl (C=O) groups is 2. The molecule has 2 aromatic heterocycles. The van der Waals surface area contributed by atoms with Crippen LogP contribution < -0.4 is 10.6 Å². The Morgan fingerprint density at radius 3 is 2.50 bits per heavy atom. The fraction of sp³-hybridized carbons (Fsp3) is 0.265. The van der Waals surface area contributed by atoms with Gasteiger partial charge in [-0.2, -0.15) is 0 Å². The summed E-state index contributed by atoms with van der Waals surface area (Å²) in [7, 11) is 0. The van der Waals surface area contributed by atoms with Gasteiger partial charge >= 0.3 is 0 Å². The zero-order valence-electron chi connectivity index (χ0n) is 24.6. The Balaban J connectivity index is 1.34. The van der Waals surface area contributed by atoms with Crippen LogP contribution in [-0.4, -0.2) is 21.5 Å². The first-order valence-corrected chi connectivity index (χ1v) is 15.9. The molecule has 1 aliphatic carbocycles. The summed E-state index contributed by atoms with van der Waals surface area (Å²) in [5.41, 5.74) is 10.1. The highest BCUT2D eigenvalue weighted by atomic mass is 32.2. The van der Waals surface area contributed by atoms with Crippen LogP contribution in [0, 0.1) is 34.6 Å². The second-order valence-electron chi connectivity index (χ2n) is 11.1. The number of amides is 2. The number of nitrogens with zero attached hydrogens (tertiary/aromatic N) is 2. The Labute approximate surface area is 255 Å². The Morgan fingerprint density at radius 2 is 1.74 bits per heavy atom. The lowest BCUT2D eigenvalue weighted by Gasteiger charge is -2.14. The second kappa shape index (κ2) is 11.4. The van der Waals surface area contributed by atoms with Crippen LogP contribution in [0.3, 0.4) is 0 Å². The average Bonchev–Trinajstić information content (AvgIpc) is 3.59. The number of benzene rings is 2. The molecule has 0 bridgehead atoms. The molecule has 0 unspecified atom stereocenters. The van der Waals surface area contributed by atoms with Crippen LogP contribution >= 0.6 is 23.1 Å². The van der Waals surface area contributed by atoms with Gasteiger partial charge in [-0.3, -0.25) is 9.59 Å². The number of hydrogen-bond donors (Lipinski definition) is 2. The lowest BCUT2D eigenvalue weighted by molar-refractivity contribution is -0.115. The lowest BCUT2D eigenvalue weighted by Crippen LogP contribution is -2.19. The van der Waals surface area contributed by atoms with E-state index in [0.29, 0.717) is 10.1 Å². The van der Waals surface area contributed by atoms with E-state index in [-0.39, 0.29) is 11.8 Å². The molecule has 0 saturated carbocycles. The summed E-state index contributed by atoms with van der Waals surface area (Å²) < 4.78 is 2.18. The van der Waals surface area contributed by atoms with Gasteiger partial charge in [0.05, 0.1) is 16.2 Å². The number of nitrogens with one attached hydrogen (secondary N) is 2. The molecule has 8 heteroatoms. The van der Waals surface area contributed by atoms with Crippen LogP contribution in [0.4, 0.5) is 11.4 Å². The first-order valence-electron chi connectivity index (χ1n) is 14.3. The molecule has 2 aromatic carbocycles. The molecule has 214 valence electrons. The lowest BCUT2D eigenvalue weighted by atomic mass is 9.95. The zero-order chi connectivity index (χ0) is 29.5. The Kier molecular flexibility index (Phi) is 7.68. The van der Waals surface area contributed by atoms with Crippen LogP contribution in [0.15, 0.2) is 58.4 Å². The van der Waals surface area contributed by atoms with Gasteiger partial charge in [0.25, 0.3) is 11.8 Å². The van der Waals surface area contributed by atoms with Crippen molar-refractivity contribution in [1.29, 1.82) is 0 Å². The molecular formula is C34H34N4O2S2. The number of anilines is 1. The smallest absolute Gasteiger partial charge is 0.264 e. The number of aromatic nitrogens is 1. The fourth-order valence-electron chi connectivity index (χ4n) is 5.55. The van der Waals surface area contributed by atoms with Gasteiger partial charge in [-0.05, 0) is 131 Å². The molecule has 42 heavy (non-hydrogen) atoms. The largest absolute Gasteiger partial charge is 0.322 e. The average molecular weight is 595 g/mol. The van der Waals surface area contributed by atoms with E-state index >= 15 is 0 Å². The van der Waals surface area contributed by atoms with E-state index in [1.54, 1.807) is 11.3 Å². The van der Waals surface area contributed by atoms with Crippen molar-refractivity contribution in [3.63, 3.8) is 0 Å². The van der Waals surface area contributed by atoms with E-state index in [9.17, 15) is 9.59 Å². The Bertz CT molecular complexity index is 1790. The van der Waals surface area contributed by atoms with Gasteiger partial charge in [-0.15, -0.1) is 11.3 Å². The number of fused-ring (bicyclic) bond motifs is 1. The molecule has 1 saturated heterocycles. The maximum Gasteiger partial charge on any atom is 0.264 e. The van der Waals surface area contributed by atoms with E-state index in [4.69, 9.17) is 0 Å². The van der Waals surface area contributed by atoms with Gasteiger partial charge in [-0.25, -0.2) is 4.99 Å². The van der Waals surface area contributed by atoms with Crippen molar-refractivity contribution < 1.29 is 9.59 Å². The second-order valence-corrected chi connectivity index (χ2v) is 13.2. The molecule has 2 aliphatic rings. The SMILES string of the molecule is Cc1ccc(NC(=O)c2c(-n3c(C)cc(/C=C4\SC(=Nc5ccc(C)c(C)c5)NC4=O)c3C)sc3c2CCCC3)cc1. The predicted octanol–water partition coefficient (Wildman–Crippen LogP) is 8.10. The van der Waals surface area contributed by atoms with Crippen molar-refractivity contribution in [1.82, 2.24) is 9.88 Å². The maximum atomic E-state index is 13.8. The Morgan fingerprint density at radius 1 is 0.976 bits per heavy atom. The summed E-state index contributed by atoms with van der Waals surface area (Å²) >= 11 is 3.07. The van der Waals surface area contributed by atoms with Crippen molar-refractivity contribution in [3.05, 3.63) is 103 Å². The first-order chi connectivity index (χ1) is 20.2. The molecule has 4 aromatic rings. The molecule has 2 N–H and O–H groups in total. The molecule has 1 aliphatic heterocycles. The van der Waals surface area contributed by atoms with Crippen LogP contribution in [0.5, 0.6) is 0 Å². The number of amidine groups is 1. The summed E-state index contributed by atoms with van der Waals surface area (Å²) in [5, 5.41) is 7.58. The molecule has 0 radical (unpaired) electrons. The normalized spacial score (nSPS) is 16.6. The summed E-state index contributed by atoms with van der Waals surface area (Å²) in [4.78, 5) is 33.3. The van der Waals surface area contributed by atoms with Gasteiger partial charge in [0.1, 0.15) is 5.00 Å². The van der Waals surface area contributed by atoms with E-state index in [0.717, 1.165) is 75.7 Å². The number of hydrogen-bond acceptors (Lipinski definition) is 5. The van der Waals surface area contributed by atoms with Crippen molar-refractivity contribution in [2.24, 2.45) is 4.99 Å². The molecule has 2 amide bonds. The highest BCUT2D eigenvalue weighted by Crippen LogP contribution is 2.40. The van der Waals surface area contributed by atoms with Crippen LogP contribution in [0.1, 0.15) is 67.3 Å². The highest BCUT2D eigenvalue weighted by molar-refractivity contribution is 8.18. The maximum absolute atomic E-state index is 13.8. The van der Waals surface area contributed by atoms with E-state index in [1.165, 1.54) is 27.8 Å². The summed E-state index contributed by atoms with van der Waals surface area (Å²) in [6.45, 7) is 10.3. The minimum absolute atomic E-state index is 0.0708. The third-order valence-electron chi connectivity index (χ3n) is 8.02. The number of carbonyl (C=O) groups excluding carboxylic acids is 2. The third-order valence-corrected chi connectivity index (χ3v) is 10.2. The Hall–Kier alpha value is -3.88. The summed E-state index contributed by atoms with van der Waals surface area (Å²) in [5.74, 6) is -0.226. The van der Waals surface area contributed by atoms with Gasteiger partial charge in [0.15, 0.2) is 5.17 Å². The van der Waals surface area contributed by atoms with Crippen LogP contribution in [-0.2, 0) is 17.6 Å². The predicted molar refractivity (Wildman–Crippen MR) is 176 cm³/mol. The van der Waals surface area contributed by atoms with Crippen LogP contribution in [0.2, 0.25) is 0 Å². The standard InChI is InChI=1S/C34H34N4O2S2/c1-19-10-13-25(14-11-19)35-32(40)30-27-8-6-7-9-28(27)41-33(30)38-22(4)17-24(23(38)5)18-29-31(39)37-34(42-29)36-26-15-12-20(2)21(3)16-26/h10-18H,6-9H2,1-5H3,(H,35,40)(H,36,37,39)/b29-18-. The molecule has 0 atom stereocenters. The van der Waals surface area contributed by atoms with E-state index < -0.39 is 0 Å². The molecule has 6 rings (SSSR count). The van der Waals surface area contributed by atoms with Crippen LogP contribution in [0.25, 0.3) is 11.1 Å². The van der Waals surface area contributed by atoms with Gasteiger partial charge < -0.3 is 15.2 Å². The van der Waals surface area contributed by atoms with Gasteiger partial charge in [-0.1, -0.05) is 23.8 Å². The molecule has 3 heterocycles. The number of aryl methyl sites for hydroxylation is 5. The van der Waals surface area contributed by atoms with E-state index in [1.807, 2.05) is 55.5 Å². The molecule has 6 nitrogen and oxygen atoms in total. The summed E-state index contributed by atoms with van der Waals surface area (Å²) in [6, 6.07) is 16.0. The number of thioether (sulfide) groups is 1. The molecular weight excluding hydrogens is 561 g/mol. The van der Waals surface area contributed by atoms with Crippen molar-refractivity contribution in [3.8, 4) is 5.00 Å². The monoisotopic (exact) mass is 594 g/mol. The van der Waals surface area contributed by atoms with E-state index in [2.05, 4.69) is 54.0 Å². The van der Waals surface area contributed by atoms with Gasteiger partial charge in [0.2, 0.25) is 0 Å². The molecule has 0 spiro atoms. The summed E-state index contributed by atoms with van der Waals surface area (Å²) in [6.07, 6.45) is 6.08. The minimum atomic E-state index is -0.155. The van der Waals surface area contributed by atoms with Crippen molar-refractivity contribution in [2.75, 3.05) is 5.32 Å². The fourth-order valence-corrected chi connectivity index (χ4v) is 7.88. The number of rotatable bonds is 5.